The van der Waals surface area contributed by atoms with Crippen molar-refractivity contribution in [2.75, 3.05) is 13.7 Å². The summed E-state index contributed by atoms with van der Waals surface area (Å²) in [6.07, 6.45) is 1.80. The lowest BCUT2D eigenvalue weighted by atomic mass is 10.3. The summed E-state index contributed by atoms with van der Waals surface area (Å²) in [5, 5.41) is 2.93. The summed E-state index contributed by atoms with van der Waals surface area (Å²) in [4.78, 5) is 14.9. The van der Waals surface area contributed by atoms with Crippen LogP contribution in [0.4, 0.5) is 0 Å². The highest BCUT2D eigenvalue weighted by Gasteiger charge is 1.99. The van der Waals surface area contributed by atoms with Crippen LogP contribution in [-0.2, 0) is 16.1 Å². The Labute approximate surface area is 83.3 Å². The smallest absolute Gasteiger partial charge is 0.319 e. The molecule has 1 N–H and O–H groups in total. The number of esters is 1. The Bertz CT molecular complexity index is 295. The lowest BCUT2D eigenvalue weighted by Crippen LogP contribution is -2.23. The van der Waals surface area contributed by atoms with Crippen molar-refractivity contribution in [3.05, 3.63) is 29.6 Å². The van der Waals surface area contributed by atoms with E-state index in [0.29, 0.717) is 6.54 Å². The molecule has 4 heteroatoms. The van der Waals surface area contributed by atoms with E-state index < -0.39 is 0 Å². The van der Waals surface area contributed by atoms with Gasteiger partial charge in [0.15, 0.2) is 0 Å². The van der Waals surface area contributed by atoms with Gasteiger partial charge in [0, 0.05) is 12.7 Å². The van der Waals surface area contributed by atoms with Crippen molar-refractivity contribution in [2.24, 2.45) is 0 Å². The average molecular weight is 194 g/mol. The van der Waals surface area contributed by atoms with Gasteiger partial charge in [-0.2, -0.15) is 0 Å². The highest BCUT2D eigenvalue weighted by molar-refractivity contribution is 5.71. The molecule has 0 aliphatic rings. The second kappa shape index (κ2) is 5.34. The Morgan fingerprint density at radius 2 is 2.36 bits per heavy atom. The minimum absolute atomic E-state index is 0.214. The van der Waals surface area contributed by atoms with E-state index in [2.05, 4.69) is 15.0 Å². The Morgan fingerprint density at radius 1 is 1.57 bits per heavy atom. The van der Waals surface area contributed by atoms with Crippen molar-refractivity contribution in [1.82, 2.24) is 10.3 Å². The van der Waals surface area contributed by atoms with Gasteiger partial charge in [0.05, 0.1) is 19.3 Å². The van der Waals surface area contributed by atoms with Gasteiger partial charge in [0.2, 0.25) is 0 Å². The first kappa shape index (κ1) is 10.7. The molecule has 1 heterocycles. The first-order chi connectivity index (χ1) is 6.72. The van der Waals surface area contributed by atoms with E-state index in [0.717, 1.165) is 11.3 Å². The molecular formula is C10H14N2O2. The molecule has 0 atom stereocenters. The predicted octanol–water partition coefficient (Wildman–Crippen LogP) is 0.653. The van der Waals surface area contributed by atoms with Crippen LogP contribution in [0.3, 0.4) is 0 Å². The molecular weight excluding hydrogens is 180 g/mol. The number of methoxy groups -OCH3 is 1. The largest absolute Gasteiger partial charge is 0.468 e. The average Bonchev–Trinajstić information content (AvgIpc) is 2.21. The van der Waals surface area contributed by atoms with Crippen LogP contribution >= 0.6 is 0 Å². The van der Waals surface area contributed by atoms with Crippen molar-refractivity contribution >= 4 is 5.97 Å². The van der Waals surface area contributed by atoms with Crippen LogP contribution in [0.5, 0.6) is 0 Å². The highest BCUT2D eigenvalue weighted by atomic mass is 16.5. The first-order valence-corrected chi connectivity index (χ1v) is 4.41. The standard InChI is InChI=1S/C10H14N2O2/c1-8-3-4-9(12-5-8)6-11-7-10(13)14-2/h3-5,11H,6-7H2,1-2H3. The van der Waals surface area contributed by atoms with Crippen LogP contribution in [0.15, 0.2) is 18.3 Å². The molecule has 0 bridgehead atoms. The van der Waals surface area contributed by atoms with E-state index >= 15 is 0 Å². The molecule has 1 aromatic heterocycles. The van der Waals surface area contributed by atoms with Crippen LogP contribution in [0.25, 0.3) is 0 Å². The fourth-order valence-corrected chi connectivity index (χ4v) is 0.968. The van der Waals surface area contributed by atoms with Gasteiger partial charge in [-0.25, -0.2) is 0 Å². The summed E-state index contributed by atoms with van der Waals surface area (Å²) < 4.78 is 4.49. The van der Waals surface area contributed by atoms with Gasteiger partial charge in [-0.15, -0.1) is 0 Å². The maximum absolute atomic E-state index is 10.8. The topological polar surface area (TPSA) is 51.2 Å². The number of carbonyl (C=O) groups is 1. The van der Waals surface area contributed by atoms with Crippen LogP contribution in [0.2, 0.25) is 0 Å². The van der Waals surface area contributed by atoms with Crippen LogP contribution in [-0.4, -0.2) is 24.6 Å². The van der Waals surface area contributed by atoms with Crippen molar-refractivity contribution < 1.29 is 9.53 Å². The summed E-state index contributed by atoms with van der Waals surface area (Å²) in [6.45, 7) is 2.78. The molecule has 0 aliphatic heterocycles. The summed E-state index contributed by atoms with van der Waals surface area (Å²) >= 11 is 0. The van der Waals surface area contributed by atoms with Gasteiger partial charge < -0.3 is 10.1 Å². The maximum atomic E-state index is 10.8. The van der Waals surface area contributed by atoms with Crippen molar-refractivity contribution in [2.45, 2.75) is 13.5 Å². The molecule has 0 unspecified atom stereocenters. The number of ether oxygens (including phenoxy) is 1. The molecule has 0 amide bonds. The number of aryl methyl sites for hydroxylation is 1. The molecule has 0 aromatic carbocycles. The summed E-state index contributed by atoms with van der Waals surface area (Å²) in [7, 11) is 1.37. The Balaban J connectivity index is 2.31. The normalized spacial score (nSPS) is 9.86. The van der Waals surface area contributed by atoms with Crippen molar-refractivity contribution in [3.63, 3.8) is 0 Å². The van der Waals surface area contributed by atoms with Crippen molar-refractivity contribution in [1.29, 1.82) is 0 Å². The molecule has 0 radical (unpaired) electrons. The van der Waals surface area contributed by atoms with Crippen molar-refractivity contribution in [3.8, 4) is 0 Å². The second-order valence-electron chi connectivity index (χ2n) is 3.01. The third-order valence-electron chi connectivity index (χ3n) is 1.78. The molecule has 14 heavy (non-hydrogen) atoms. The van der Waals surface area contributed by atoms with Gasteiger partial charge in [-0.3, -0.25) is 9.78 Å². The number of pyridine rings is 1. The Morgan fingerprint density at radius 3 is 2.93 bits per heavy atom. The minimum Gasteiger partial charge on any atom is -0.468 e. The number of aromatic nitrogens is 1. The van der Waals surface area contributed by atoms with E-state index in [9.17, 15) is 4.79 Å². The number of rotatable bonds is 4. The van der Waals surface area contributed by atoms with Gasteiger partial charge in [-0.05, 0) is 18.6 Å². The third-order valence-corrected chi connectivity index (χ3v) is 1.78. The molecule has 0 saturated carbocycles. The first-order valence-electron chi connectivity index (χ1n) is 4.41. The second-order valence-corrected chi connectivity index (χ2v) is 3.01. The number of hydrogen-bond acceptors (Lipinski definition) is 4. The summed E-state index contributed by atoms with van der Waals surface area (Å²) in [6, 6.07) is 3.92. The van der Waals surface area contributed by atoms with Crippen LogP contribution < -0.4 is 5.32 Å². The van der Waals surface area contributed by atoms with Gasteiger partial charge in [-0.1, -0.05) is 6.07 Å². The van der Waals surface area contributed by atoms with Gasteiger partial charge in [0.1, 0.15) is 0 Å². The Kier molecular flexibility index (Phi) is 4.07. The van der Waals surface area contributed by atoms with E-state index in [1.54, 1.807) is 6.20 Å². The van der Waals surface area contributed by atoms with Gasteiger partial charge in [0.25, 0.3) is 0 Å². The molecule has 0 spiro atoms. The molecule has 76 valence electrons. The zero-order valence-electron chi connectivity index (χ0n) is 8.41. The zero-order valence-corrected chi connectivity index (χ0v) is 8.41. The molecule has 4 nitrogen and oxygen atoms in total. The molecule has 0 fully saturated rings. The van der Waals surface area contributed by atoms with E-state index in [1.165, 1.54) is 7.11 Å². The predicted molar refractivity (Wildman–Crippen MR) is 52.7 cm³/mol. The number of nitrogens with zero attached hydrogens (tertiary/aromatic N) is 1. The maximum Gasteiger partial charge on any atom is 0.319 e. The third kappa shape index (κ3) is 3.53. The van der Waals surface area contributed by atoms with E-state index in [-0.39, 0.29) is 12.5 Å². The number of nitrogens with one attached hydrogen (secondary N) is 1. The molecule has 0 aliphatic carbocycles. The lowest BCUT2D eigenvalue weighted by molar-refractivity contribution is -0.139. The highest BCUT2D eigenvalue weighted by Crippen LogP contribution is 1.97. The summed E-state index contributed by atoms with van der Waals surface area (Å²) in [5.74, 6) is -0.267. The fourth-order valence-electron chi connectivity index (χ4n) is 0.968. The lowest BCUT2D eigenvalue weighted by Gasteiger charge is -2.02. The van der Waals surface area contributed by atoms with Gasteiger partial charge >= 0.3 is 5.97 Å². The zero-order chi connectivity index (χ0) is 10.4. The quantitative estimate of drug-likeness (QED) is 0.715. The summed E-state index contributed by atoms with van der Waals surface area (Å²) in [5.41, 5.74) is 2.04. The molecule has 0 saturated heterocycles. The van der Waals surface area contributed by atoms with Crippen LogP contribution in [0, 0.1) is 6.92 Å². The van der Waals surface area contributed by atoms with Crippen LogP contribution in [0.1, 0.15) is 11.3 Å². The molecule has 1 aromatic rings. The van der Waals surface area contributed by atoms with E-state index in [4.69, 9.17) is 0 Å². The molecule has 1 rings (SSSR count). The SMILES string of the molecule is COC(=O)CNCc1ccc(C)cn1. The Hall–Kier alpha value is -1.42. The fraction of sp³-hybridized carbons (Fsp3) is 0.400. The monoisotopic (exact) mass is 194 g/mol. The van der Waals surface area contributed by atoms with E-state index in [1.807, 2.05) is 19.1 Å². The minimum atomic E-state index is -0.267. The number of carbonyl (C=O) groups excluding carboxylic acids is 1. The number of hydrogen-bond donors (Lipinski definition) is 1.